The molecule has 116 valence electrons. The van der Waals surface area contributed by atoms with Crippen LogP contribution in [0.5, 0.6) is 0 Å². The van der Waals surface area contributed by atoms with Crippen molar-refractivity contribution in [2.75, 3.05) is 26.8 Å². The summed E-state index contributed by atoms with van der Waals surface area (Å²) in [5.74, 6) is -0.932. The van der Waals surface area contributed by atoms with Crippen LogP contribution in [0.1, 0.15) is 39.5 Å². The minimum atomic E-state index is -0.886. The second-order valence-corrected chi connectivity index (χ2v) is 5.30. The molecule has 1 heterocycles. The summed E-state index contributed by atoms with van der Waals surface area (Å²) in [6.07, 6.45) is 2.71. The average molecular weight is 286 g/mol. The number of carboxylic acids is 1. The van der Waals surface area contributed by atoms with Crippen molar-refractivity contribution in [1.82, 2.24) is 10.2 Å². The van der Waals surface area contributed by atoms with E-state index in [4.69, 9.17) is 4.74 Å². The summed E-state index contributed by atoms with van der Waals surface area (Å²) in [4.78, 5) is 25.6. The van der Waals surface area contributed by atoms with Gasteiger partial charge in [-0.2, -0.15) is 0 Å². The number of ether oxygens (including phenoxy) is 1. The summed E-state index contributed by atoms with van der Waals surface area (Å²) in [5.41, 5.74) is -0.886. The van der Waals surface area contributed by atoms with E-state index in [0.717, 1.165) is 12.8 Å². The Hall–Kier alpha value is -1.14. The van der Waals surface area contributed by atoms with E-state index in [1.165, 1.54) is 0 Å². The zero-order chi connectivity index (χ0) is 15.2. The van der Waals surface area contributed by atoms with Gasteiger partial charge in [0, 0.05) is 26.8 Å². The van der Waals surface area contributed by atoms with E-state index in [9.17, 15) is 14.7 Å². The van der Waals surface area contributed by atoms with E-state index in [1.54, 1.807) is 14.0 Å². The van der Waals surface area contributed by atoms with Crippen molar-refractivity contribution in [2.24, 2.45) is 0 Å². The smallest absolute Gasteiger partial charge is 0.324 e. The second kappa shape index (κ2) is 7.59. The first-order valence-corrected chi connectivity index (χ1v) is 7.26. The summed E-state index contributed by atoms with van der Waals surface area (Å²) in [7, 11) is 1.62. The van der Waals surface area contributed by atoms with E-state index < -0.39 is 17.6 Å². The Morgan fingerprint density at radius 1 is 1.50 bits per heavy atom. The van der Waals surface area contributed by atoms with Gasteiger partial charge < -0.3 is 15.2 Å². The van der Waals surface area contributed by atoms with Crippen LogP contribution in [0.25, 0.3) is 0 Å². The molecule has 6 nitrogen and oxygen atoms in total. The summed E-state index contributed by atoms with van der Waals surface area (Å²) < 4.78 is 4.93. The predicted octanol–water partition coefficient (Wildman–Crippen LogP) is 0.857. The molecular weight excluding hydrogens is 260 g/mol. The van der Waals surface area contributed by atoms with Gasteiger partial charge in [0.25, 0.3) is 0 Å². The maximum Gasteiger partial charge on any atom is 0.324 e. The minimum Gasteiger partial charge on any atom is -0.480 e. The van der Waals surface area contributed by atoms with E-state index in [-0.39, 0.29) is 5.91 Å². The molecule has 0 radical (unpaired) electrons. The van der Waals surface area contributed by atoms with Gasteiger partial charge in [0.1, 0.15) is 5.54 Å². The lowest BCUT2D eigenvalue weighted by atomic mass is 9.92. The summed E-state index contributed by atoms with van der Waals surface area (Å²) in [5, 5.41) is 12.4. The third kappa shape index (κ3) is 3.49. The number of nitrogens with one attached hydrogen (secondary N) is 1. The van der Waals surface area contributed by atoms with Crippen molar-refractivity contribution in [3.05, 3.63) is 0 Å². The van der Waals surface area contributed by atoms with Crippen LogP contribution in [0, 0.1) is 0 Å². The van der Waals surface area contributed by atoms with Crippen molar-refractivity contribution in [3.63, 3.8) is 0 Å². The number of amides is 1. The Morgan fingerprint density at radius 3 is 2.75 bits per heavy atom. The number of likely N-dealkylation sites (tertiary alicyclic amines) is 1. The van der Waals surface area contributed by atoms with Crippen LogP contribution in [0.3, 0.4) is 0 Å². The van der Waals surface area contributed by atoms with Crippen molar-refractivity contribution < 1.29 is 19.4 Å². The zero-order valence-electron chi connectivity index (χ0n) is 12.6. The highest BCUT2D eigenvalue weighted by atomic mass is 16.5. The molecule has 1 aliphatic rings. The first-order chi connectivity index (χ1) is 9.49. The highest BCUT2D eigenvalue weighted by Crippen LogP contribution is 2.34. The summed E-state index contributed by atoms with van der Waals surface area (Å²) in [6, 6.07) is -0.420. The van der Waals surface area contributed by atoms with Crippen LogP contribution in [0.15, 0.2) is 0 Å². The van der Waals surface area contributed by atoms with E-state index >= 15 is 0 Å². The monoisotopic (exact) mass is 286 g/mol. The zero-order valence-corrected chi connectivity index (χ0v) is 12.6. The lowest BCUT2D eigenvalue weighted by Crippen LogP contribution is -2.57. The predicted molar refractivity (Wildman–Crippen MR) is 75.6 cm³/mol. The number of carbonyl (C=O) groups is 2. The quantitative estimate of drug-likeness (QED) is 0.647. The standard InChI is InChI=1S/C14H26N2O4/c1-4-14(13(18)19)7-5-9-16(14)11(2)12(17)15-8-6-10-20-3/h11H,4-10H2,1-3H3,(H,15,17)(H,18,19). The van der Waals surface area contributed by atoms with Crippen molar-refractivity contribution >= 4 is 11.9 Å². The topological polar surface area (TPSA) is 78.9 Å². The van der Waals surface area contributed by atoms with E-state index in [1.807, 2.05) is 11.8 Å². The molecule has 1 amide bonds. The minimum absolute atomic E-state index is 0.109. The third-order valence-electron chi connectivity index (χ3n) is 4.19. The number of nitrogens with zero attached hydrogens (tertiary/aromatic N) is 1. The number of carboxylic acid groups (broad SMARTS) is 1. The van der Waals surface area contributed by atoms with E-state index in [0.29, 0.717) is 32.5 Å². The molecule has 0 aromatic carbocycles. The molecule has 1 aliphatic heterocycles. The van der Waals surface area contributed by atoms with Crippen LogP contribution >= 0.6 is 0 Å². The highest BCUT2D eigenvalue weighted by Gasteiger charge is 2.49. The lowest BCUT2D eigenvalue weighted by molar-refractivity contribution is -0.152. The van der Waals surface area contributed by atoms with Gasteiger partial charge in [0.2, 0.25) is 5.91 Å². The van der Waals surface area contributed by atoms with Gasteiger partial charge in [-0.15, -0.1) is 0 Å². The van der Waals surface area contributed by atoms with E-state index in [2.05, 4.69) is 5.32 Å². The summed E-state index contributed by atoms with van der Waals surface area (Å²) in [6.45, 7) is 5.47. The number of hydrogen-bond donors (Lipinski definition) is 2. The van der Waals surface area contributed by atoms with Gasteiger partial charge in [-0.1, -0.05) is 6.92 Å². The van der Waals surface area contributed by atoms with Crippen LogP contribution in [0.2, 0.25) is 0 Å². The number of rotatable bonds is 8. The fourth-order valence-corrected chi connectivity index (χ4v) is 2.94. The third-order valence-corrected chi connectivity index (χ3v) is 4.19. The molecule has 2 unspecified atom stereocenters. The van der Waals surface area contributed by atoms with Gasteiger partial charge >= 0.3 is 5.97 Å². The Morgan fingerprint density at radius 2 is 2.20 bits per heavy atom. The van der Waals surface area contributed by atoms with Gasteiger partial charge in [-0.05, 0) is 32.6 Å². The average Bonchev–Trinajstić information content (AvgIpc) is 2.87. The Balaban J connectivity index is 2.63. The first-order valence-electron chi connectivity index (χ1n) is 7.26. The van der Waals surface area contributed by atoms with Crippen molar-refractivity contribution in [1.29, 1.82) is 0 Å². The van der Waals surface area contributed by atoms with Crippen LogP contribution in [0.4, 0.5) is 0 Å². The molecule has 2 atom stereocenters. The molecule has 0 aromatic heterocycles. The number of carbonyl (C=O) groups excluding carboxylic acids is 1. The fraction of sp³-hybridized carbons (Fsp3) is 0.857. The molecule has 1 rings (SSSR count). The van der Waals surface area contributed by atoms with Gasteiger partial charge in [-0.3, -0.25) is 14.5 Å². The van der Waals surface area contributed by atoms with Gasteiger partial charge in [0.15, 0.2) is 0 Å². The summed E-state index contributed by atoms with van der Waals surface area (Å²) >= 11 is 0. The van der Waals surface area contributed by atoms with Crippen molar-refractivity contribution in [3.8, 4) is 0 Å². The Bertz CT molecular complexity index is 348. The Kier molecular flexibility index (Phi) is 6.42. The molecule has 0 saturated carbocycles. The molecule has 0 spiro atoms. The number of methoxy groups -OCH3 is 1. The maximum atomic E-state index is 12.1. The lowest BCUT2D eigenvalue weighted by Gasteiger charge is -2.37. The number of hydrogen-bond acceptors (Lipinski definition) is 4. The van der Waals surface area contributed by atoms with Crippen molar-refractivity contribution in [2.45, 2.75) is 51.1 Å². The molecule has 0 aliphatic carbocycles. The fourth-order valence-electron chi connectivity index (χ4n) is 2.94. The molecule has 0 bridgehead atoms. The molecule has 6 heteroatoms. The molecule has 0 aromatic rings. The highest BCUT2D eigenvalue weighted by molar-refractivity contribution is 5.84. The molecule has 20 heavy (non-hydrogen) atoms. The van der Waals surface area contributed by atoms with Crippen LogP contribution in [-0.2, 0) is 14.3 Å². The van der Waals surface area contributed by atoms with Crippen LogP contribution < -0.4 is 5.32 Å². The maximum absolute atomic E-state index is 12.1. The SMILES string of the molecule is CCC1(C(=O)O)CCCN1C(C)C(=O)NCCCOC. The molecule has 1 saturated heterocycles. The molecule has 1 fully saturated rings. The normalized spacial score (nSPS) is 24.6. The molecular formula is C14H26N2O4. The number of aliphatic carboxylic acids is 1. The van der Waals surface area contributed by atoms with Gasteiger partial charge in [-0.25, -0.2) is 0 Å². The van der Waals surface area contributed by atoms with Crippen LogP contribution in [-0.4, -0.2) is 60.3 Å². The largest absolute Gasteiger partial charge is 0.480 e. The second-order valence-electron chi connectivity index (χ2n) is 5.30. The molecule has 2 N–H and O–H groups in total. The Labute approximate surface area is 120 Å². The van der Waals surface area contributed by atoms with Gasteiger partial charge in [0.05, 0.1) is 6.04 Å². The first kappa shape index (κ1) is 16.9.